The molecule has 240 valence electrons. The Bertz CT molecular complexity index is 1370. The molecule has 0 radical (unpaired) electrons. The lowest BCUT2D eigenvalue weighted by atomic mass is 9.50. The van der Waals surface area contributed by atoms with Crippen molar-refractivity contribution in [2.75, 3.05) is 26.7 Å². The van der Waals surface area contributed by atoms with E-state index >= 15 is 0 Å². The molecule has 1 aromatic carbocycles. The predicted molar refractivity (Wildman–Crippen MR) is 156 cm³/mol. The van der Waals surface area contributed by atoms with Gasteiger partial charge in [-0.2, -0.15) is 0 Å². The molecular weight excluding hydrogens is 572 g/mol. The number of unbranched alkanes of at least 4 members (excludes halogenated alkanes) is 1. The molecule has 2 amide bonds. The van der Waals surface area contributed by atoms with Gasteiger partial charge < -0.3 is 45.7 Å². The number of nitrogens with two attached hydrogens (primary N) is 1. The minimum Gasteiger partial charge on any atom is -0.504 e. The molecular formula is C31H42N4O9. The molecule has 6 N–H and O–H groups in total. The number of nitrogens with zero attached hydrogens (tertiary/aromatic N) is 1. The highest BCUT2D eigenvalue weighted by molar-refractivity contribution is 5.87. The third-order valence-electron chi connectivity index (χ3n) is 9.48. The number of likely N-dealkylation sites (N-methyl/N-ethyl adjacent to an activating group) is 1. The number of ether oxygens (including phenoxy) is 3. The van der Waals surface area contributed by atoms with Gasteiger partial charge in [0.15, 0.2) is 23.7 Å². The molecule has 1 fully saturated rings. The number of esters is 2. The molecule has 13 nitrogen and oxygen atoms in total. The first-order chi connectivity index (χ1) is 20.9. The summed E-state index contributed by atoms with van der Waals surface area (Å²) < 4.78 is 17.3. The van der Waals surface area contributed by atoms with Gasteiger partial charge in [0.1, 0.15) is 11.8 Å². The van der Waals surface area contributed by atoms with E-state index in [4.69, 9.17) is 19.9 Å². The number of phenols is 1. The highest BCUT2D eigenvalue weighted by Gasteiger charge is 2.72. The first kappa shape index (κ1) is 31.7. The van der Waals surface area contributed by atoms with Gasteiger partial charge in [-0.15, -0.1) is 0 Å². The van der Waals surface area contributed by atoms with Crippen LogP contribution >= 0.6 is 0 Å². The number of hydrogen-bond donors (Lipinski definition) is 5. The van der Waals surface area contributed by atoms with Crippen molar-refractivity contribution in [1.82, 2.24) is 15.5 Å². The van der Waals surface area contributed by atoms with E-state index in [9.17, 15) is 29.4 Å². The van der Waals surface area contributed by atoms with Crippen LogP contribution in [-0.2, 0) is 40.5 Å². The quantitative estimate of drug-likeness (QED) is 0.161. The van der Waals surface area contributed by atoms with Crippen LogP contribution in [0.5, 0.6) is 11.5 Å². The smallest absolute Gasteiger partial charge is 0.352 e. The third kappa shape index (κ3) is 5.41. The normalized spacial score (nSPS) is 27.6. The number of benzene rings is 1. The number of carbonyl (C=O) groups is 4. The summed E-state index contributed by atoms with van der Waals surface area (Å²) in [6.07, 6.45) is 2.50. The Kier molecular flexibility index (Phi) is 8.92. The molecule has 13 heteroatoms. The predicted octanol–water partition coefficient (Wildman–Crippen LogP) is 0.285. The van der Waals surface area contributed by atoms with Gasteiger partial charge in [-0.1, -0.05) is 6.07 Å². The average Bonchev–Trinajstić information content (AvgIpc) is 3.33. The molecule has 0 aromatic heterocycles. The fraction of sp³-hybridized carbons (Fsp3) is 0.613. The van der Waals surface area contributed by atoms with Gasteiger partial charge in [0.05, 0.1) is 17.4 Å². The summed E-state index contributed by atoms with van der Waals surface area (Å²) in [5.74, 6) is -1.82. The summed E-state index contributed by atoms with van der Waals surface area (Å²) >= 11 is 0. The van der Waals surface area contributed by atoms with Gasteiger partial charge in [-0.3, -0.25) is 14.4 Å². The van der Waals surface area contributed by atoms with E-state index in [0.29, 0.717) is 50.9 Å². The molecule has 0 saturated carbocycles. The van der Waals surface area contributed by atoms with Crippen LogP contribution in [0, 0.1) is 0 Å². The zero-order valence-corrected chi connectivity index (χ0v) is 25.4. The summed E-state index contributed by atoms with van der Waals surface area (Å²) in [7, 11) is 1.98. The van der Waals surface area contributed by atoms with Crippen molar-refractivity contribution in [3.8, 4) is 11.5 Å². The Labute approximate surface area is 256 Å². The zero-order chi connectivity index (χ0) is 31.8. The monoisotopic (exact) mass is 614 g/mol. The molecule has 1 saturated heterocycles. The molecule has 6 atom stereocenters. The number of piperidine rings is 1. The second kappa shape index (κ2) is 12.4. The van der Waals surface area contributed by atoms with E-state index in [1.165, 1.54) is 13.8 Å². The van der Waals surface area contributed by atoms with Crippen LogP contribution in [0.15, 0.2) is 24.0 Å². The molecule has 44 heavy (non-hydrogen) atoms. The number of likely N-dealkylation sites (tertiary alicyclic amines) is 1. The molecule has 4 aliphatic rings. The molecule has 2 aliphatic heterocycles. The number of hydrogen-bond acceptors (Lipinski definition) is 11. The van der Waals surface area contributed by atoms with Crippen LogP contribution in [0.2, 0.25) is 0 Å². The van der Waals surface area contributed by atoms with Crippen molar-refractivity contribution in [1.29, 1.82) is 0 Å². The van der Waals surface area contributed by atoms with Gasteiger partial charge in [-0.25, -0.2) is 4.79 Å². The number of nitrogens with one attached hydrogen (secondary N) is 2. The van der Waals surface area contributed by atoms with E-state index in [2.05, 4.69) is 15.5 Å². The lowest BCUT2D eigenvalue weighted by Gasteiger charge is -2.61. The maximum absolute atomic E-state index is 13.1. The molecule has 2 aliphatic carbocycles. The Hall–Kier alpha value is -3.68. The first-order valence-corrected chi connectivity index (χ1v) is 15.2. The van der Waals surface area contributed by atoms with Gasteiger partial charge in [0, 0.05) is 31.5 Å². The van der Waals surface area contributed by atoms with Crippen molar-refractivity contribution in [2.24, 2.45) is 5.73 Å². The maximum Gasteiger partial charge on any atom is 0.352 e. The van der Waals surface area contributed by atoms with Gasteiger partial charge in [-0.05, 0) is 76.9 Å². The molecule has 5 rings (SSSR count). The molecule has 1 aromatic rings. The minimum atomic E-state index is -1.26. The van der Waals surface area contributed by atoms with Crippen LogP contribution in [0.3, 0.4) is 0 Å². The third-order valence-corrected chi connectivity index (χ3v) is 9.48. The highest BCUT2D eigenvalue weighted by atomic mass is 16.6. The average molecular weight is 615 g/mol. The van der Waals surface area contributed by atoms with Gasteiger partial charge in [0.2, 0.25) is 11.8 Å². The molecule has 2 heterocycles. The number of aliphatic hydroxyl groups is 1. The first-order valence-electron chi connectivity index (χ1n) is 15.2. The van der Waals surface area contributed by atoms with Crippen LogP contribution in [-0.4, -0.2) is 95.4 Å². The van der Waals surface area contributed by atoms with Crippen molar-refractivity contribution >= 4 is 23.8 Å². The Morgan fingerprint density at radius 1 is 1.25 bits per heavy atom. The molecule has 1 unspecified atom stereocenters. The molecule has 2 bridgehead atoms. The lowest BCUT2D eigenvalue weighted by molar-refractivity contribution is -0.175. The van der Waals surface area contributed by atoms with Crippen molar-refractivity contribution in [3.63, 3.8) is 0 Å². The number of carbonyl (C=O) groups excluding carboxylic acids is 4. The summed E-state index contributed by atoms with van der Waals surface area (Å²) in [4.78, 5) is 51.7. The van der Waals surface area contributed by atoms with E-state index in [1.54, 1.807) is 12.1 Å². The largest absolute Gasteiger partial charge is 0.504 e. The standard InChI is InChI=1S/C31H42N4O9/c1-17(42-24(38)10-14-33-28(39)20(34-18(2)36)6-4-5-13-32)29(40)43-22-9-11-31(41)23-16-19-7-8-21(37)26-25(19)30(31,27(22)44-26)12-15-35(23)3/h7-9,17,20,23,27,37,41H,4-6,10-16,32H2,1-3H3,(H,33,39)(H,34,36)/t17-,20?,23+,27-,30-,31+/m0/s1. The second-order valence-corrected chi connectivity index (χ2v) is 12.2. The van der Waals surface area contributed by atoms with E-state index in [-0.39, 0.29) is 42.8 Å². The topological polar surface area (TPSA) is 190 Å². The van der Waals surface area contributed by atoms with E-state index < -0.39 is 47.1 Å². The van der Waals surface area contributed by atoms with Gasteiger partial charge >= 0.3 is 11.9 Å². The van der Waals surface area contributed by atoms with Crippen LogP contribution in [0.4, 0.5) is 0 Å². The van der Waals surface area contributed by atoms with Crippen molar-refractivity contribution in [2.45, 2.75) is 94.1 Å². The summed E-state index contributed by atoms with van der Waals surface area (Å²) in [6, 6.07) is 2.53. The van der Waals surface area contributed by atoms with Crippen LogP contribution < -0.4 is 21.1 Å². The van der Waals surface area contributed by atoms with Gasteiger partial charge in [0.25, 0.3) is 0 Å². The van der Waals surface area contributed by atoms with Crippen molar-refractivity contribution < 1.29 is 43.6 Å². The minimum absolute atomic E-state index is 0.0359. The number of amides is 2. The summed E-state index contributed by atoms with van der Waals surface area (Å²) in [6.45, 7) is 3.83. The summed E-state index contributed by atoms with van der Waals surface area (Å²) in [5, 5.41) is 28.1. The number of phenolic OH excluding ortho intramolecular Hbond substituents is 1. The Balaban J connectivity index is 1.20. The Morgan fingerprint density at radius 3 is 2.75 bits per heavy atom. The zero-order valence-electron chi connectivity index (χ0n) is 25.4. The van der Waals surface area contributed by atoms with Crippen molar-refractivity contribution in [3.05, 3.63) is 35.1 Å². The SMILES string of the molecule is CC(=O)NC(CCCCN)C(=O)NCCC(=O)O[C@@H](C)C(=O)OC1=CC[C@@]2(O)[C@H]3Cc4ccc(O)c5c4[C@@]2(CCN3C)[C@H]1O5. The lowest BCUT2D eigenvalue weighted by Crippen LogP contribution is -2.74. The van der Waals surface area contributed by atoms with E-state index in [0.717, 1.165) is 11.1 Å². The second-order valence-electron chi connectivity index (χ2n) is 12.2. The molecule has 1 spiro atoms. The highest BCUT2D eigenvalue weighted by Crippen LogP contribution is 2.65. The maximum atomic E-state index is 13.1. The van der Waals surface area contributed by atoms with Crippen LogP contribution in [0.25, 0.3) is 0 Å². The van der Waals surface area contributed by atoms with Crippen LogP contribution in [0.1, 0.15) is 63.5 Å². The Morgan fingerprint density at radius 2 is 2.02 bits per heavy atom. The number of rotatable bonds is 12. The summed E-state index contributed by atoms with van der Waals surface area (Å²) in [5.41, 5.74) is 5.16. The fourth-order valence-corrected chi connectivity index (χ4v) is 7.36. The number of aromatic hydroxyl groups is 1. The van der Waals surface area contributed by atoms with E-state index in [1.807, 2.05) is 13.1 Å². The fourth-order valence-electron chi connectivity index (χ4n) is 7.36.